The number of hydrogen-bond acceptors (Lipinski definition) is 6. The van der Waals surface area contributed by atoms with E-state index in [0.717, 1.165) is 11.4 Å². The van der Waals surface area contributed by atoms with Crippen molar-refractivity contribution in [3.63, 3.8) is 0 Å². The molecule has 6 nitrogen and oxygen atoms in total. The number of benzene rings is 2. The third-order valence-electron chi connectivity index (χ3n) is 5.00. The van der Waals surface area contributed by atoms with E-state index in [4.69, 9.17) is 0 Å². The van der Waals surface area contributed by atoms with Crippen molar-refractivity contribution >= 4 is 11.4 Å². The van der Waals surface area contributed by atoms with Gasteiger partial charge in [-0.15, -0.1) is 0 Å². The molecule has 0 amide bonds. The lowest BCUT2D eigenvalue weighted by Crippen LogP contribution is -2.29. The van der Waals surface area contributed by atoms with Gasteiger partial charge < -0.3 is 30.2 Å². The molecule has 0 saturated heterocycles. The molecule has 2 aromatic carbocycles. The van der Waals surface area contributed by atoms with E-state index in [9.17, 15) is 20.4 Å². The van der Waals surface area contributed by atoms with Crippen LogP contribution in [0.25, 0.3) is 0 Å². The van der Waals surface area contributed by atoms with Crippen LogP contribution in [0.2, 0.25) is 0 Å². The Morgan fingerprint density at radius 3 is 1.11 bits per heavy atom. The van der Waals surface area contributed by atoms with Crippen molar-refractivity contribution < 1.29 is 20.4 Å². The molecule has 0 aliphatic rings. The van der Waals surface area contributed by atoms with E-state index in [0.29, 0.717) is 26.2 Å². The molecule has 0 bridgehead atoms. The smallest absolute Gasteiger partial charge is 0.0606 e. The van der Waals surface area contributed by atoms with Gasteiger partial charge in [0, 0.05) is 43.5 Å². The van der Waals surface area contributed by atoms with Crippen LogP contribution in [-0.4, -0.2) is 73.0 Å². The van der Waals surface area contributed by atoms with Gasteiger partial charge >= 0.3 is 0 Å². The summed E-state index contributed by atoms with van der Waals surface area (Å²) in [5.41, 5.74) is 4.34. The predicted molar refractivity (Wildman–Crippen MR) is 113 cm³/mol. The Morgan fingerprint density at radius 1 is 0.571 bits per heavy atom. The topological polar surface area (TPSA) is 87.4 Å². The molecule has 0 radical (unpaired) electrons. The Bertz CT molecular complexity index is 604. The maximum Gasteiger partial charge on any atom is 0.0606 e. The summed E-state index contributed by atoms with van der Waals surface area (Å²) in [5.74, 6) is 0.219. The fourth-order valence-electron chi connectivity index (χ4n) is 3.36. The third-order valence-corrected chi connectivity index (χ3v) is 5.00. The summed E-state index contributed by atoms with van der Waals surface area (Å²) in [7, 11) is 0. The van der Waals surface area contributed by atoms with Gasteiger partial charge in [0.15, 0.2) is 0 Å². The van der Waals surface area contributed by atoms with E-state index in [1.807, 2.05) is 34.1 Å². The van der Waals surface area contributed by atoms with Gasteiger partial charge in [0.2, 0.25) is 0 Å². The molecule has 6 heteroatoms. The van der Waals surface area contributed by atoms with Crippen LogP contribution >= 0.6 is 0 Å². The van der Waals surface area contributed by atoms with E-state index in [-0.39, 0.29) is 32.3 Å². The van der Waals surface area contributed by atoms with E-state index < -0.39 is 0 Å². The van der Waals surface area contributed by atoms with Crippen LogP contribution < -0.4 is 9.80 Å². The van der Waals surface area contributed by atoms with Gasteiger partial charge in [0.05, 0.1) is 26.4 Å². The molecular weight excluding hydrogens is 356 g/mol. The molecule has 0 fully saturated rings. The van der Waals surface area contributed by atoms with Gasteiger partial charge in [0.25, 0.3) is 0 Å². The Kier molecular flexibility index (Phi) is 9.23. The second-order valence-corrected chi connectivity index (χ2v) is 6.77. The van der Waals surface area contributed by atoms with Crippen LogP contribution in [0.5, 0.6) is 0 Å². The summed E-state index contributed by atoms with van der Waals surface area (Å²) < 4.78 is 0. The summed E-state index contributed by atoms with van der Waals surface area (Å²) in [6.45, 7) is 4.33. The maximum atomic E-state index is 9.19. The molecule has 0 aliphatic carbocycles. The second-order valence-electron chi connectivity index (χ2n) is 6.77. The van der Waals surface area contributed by atoms with Crippen LogP contribution in [0.15, 0.2) is 48.5 Å². The zero-order valence-electron chi connectivity index (χ0n) is 16.5. The predicted octanol–water partition coefficient (Wildman–Crippen LogP) is 1.42. The van der Waals surface area contributed by atoms with E-state index >= 15 is 0 Å². The Balaban J connectivity index is 2.11. The number of nitrogens with zero attached hydrogens (tertiary/aromatic N) is 2. The quantitative estimate of drug-likeness (QED) is 0.440. The van der Waals surface area contributed by atoms with Crippen molar-refractivity contribution in [3.8, 4) is 0 Å². The van der Waals surface area contributed by atoms with Crippen LogP contribution in [0.1, 0.15) is 24.0 Å². The highest BCUT2D eigenvalue weighted by Gasteiger charge is 2.12. The first-order valence-electron chi connectivity index (χ1n) is 9.77. The minimum absolute atomic E-state index is 0.0497. The SMILES string of the molecule is CC(c1ccc(N(CCO)CCO)cc1)c1ccc(N(CCO)CCO)cc1. The normalized spacial score (nSPS) is 11.1. The van der Waals surface area contributed by atoms with Crippen LogP contribution in [0, 0.1) is 0 Å². The molecular formula is C22H32N2O4. The summed E-state index contributed by atoms with van der Waals surface area (Å²) in [4.78, 5) is 3.92. The first-order valence-corrected chi connectivity index (χ1v) is 9.77. The maximum absolute atomic E-state index is 9.19. The first-order chi connectivity index (χ1) is 13.6. The number of aliphatic hydroxyl groups excluding tert-OH is 4. The van der Waals surface area contributed by atoms with E-state index in [2.05, 4.69) is 31.2 Å². The molecule has 0 unspecified atom stereocenters. The molecule has 154 valence electrons. The lowest BCUT2D eigenvalue weighted by atomic mass is 9.93. The number of aliphatic hydroxyl groups is 4. The molecule has 4 N–H and O–H groups in total. The van der Waals surface area contributed by atoms with Gasteiger partial charge in [0.1, 0.15) is 0 Å². The summed E-state index contributed by atoms with van der Waals surface area (Å²) >= 11 is 0. The molecule has 0 atom stereocenters. The van der Waals surface area contributed by atoms with Crippen molar-refractivity contribution in [2.45, 2.75) is 12.8 Å². The minimum atomic E-state index is 0.0497. The monoisotopic (exact) mass is 388 g/mol. The largest absolute Gasteiger partial charge is 0.395 e. The third kappa shape index (κ3) is 5.94. The number of anilines is 2. The Morgan fingerprint density at radius 2 is 0.857 bits per heavy atom. The molecule has 0 aliphatic heterocycles. The second kappa shape index (κ2) is 11.7. The lowest BCUT2D eigenvalue weighted by molar-refractivity contribution is 0.280. The molecule has 0 aromatic heterocycles. The summed E-state index contributed by atoms with van der Waals surface area (Å²) in [6, 6.07) is 16.4. The summed E-state index contributed by atoms with van der Waals surface area (Å²) in [5, 5.41) is 36.8. The molecule has 28 heavy (non-hydrogen) atoms. The van der Waals surface area contributed by atoms with Gasteiger partial charge in [-0.1, -0.05) is 31.2 Å². The minimum Gasteiger partial charge on any atom is -0.395 e. The van der Waals surface area contributed by atoms with Crippen molar-refractivity contribution in [2.75, 3.05) is 62.4 Å². The Hall–Kier alpha value is -2.12. The zero-order valence-corrected chi connectivity index (χ0v) is 16.5. The molecule has 0 heterocycles. The van der Waals surface area contributed by atoms with Crippen molar-refractivity contribution in [2.24, 2.45) is 0 Å². The van der Waals surface area contributed by atoms with Gasteiger partial charge in [-0.05, 0) is 35.4 Å². The Labute approximate surface area is 167 Å². The molecule has 2 rings (SSSR count). The molecule has 2 aromatic rings. The van der Waals surface area contributed by atoms with Gasteiger partial charge in [-0.25, -0.2) is 0 Å². The standard InChI is InChI=1S/C22H32N2O4/c1-18(19-2-6-21(7-3-19)23(10-14-25)11-15-26)20-4-8-22(9-5-20)24(12-16-27)13-17-28/h2-9,18,25-28H,10-17H2,1H3. The zero-order chi connectivity index (χ0) is 20.4. The van der Waals surface area contributed by atoms with Crippen molar-refractivity contribution in [3.05, 3.63) is 59.7 Å². The van der Waals surface area contributed by atoms with Crippen LogP contribution in [0.3, 0.4) is 0 Å². The molecule has 0 spiro atoms. The number of rotatable bonds is 12. The van der Waals surface area contributed by atoms with Crippen molar-refractivity contribution in [1.82, 2.24) is 0 Å². The first kappa shape index (κ1) is 22.2. The average molecular weight is 389 g/mol. The lowest BCUT2D eigenvalue weighted by Gasteiger charge is -2.24. The van der Waals surface area contributed by atoms with Gasteiger partial charge in [-0.3, -0.25) is 0 Å². The van der Waals surface area contributed by atoms with Crippen LogP contribution in [-0.2, 0) is 0 Å². The van der Waals surface area contributed by atoms with Gasteiger partial charge in [-0.2, -0.15) is 0 Å². The van der Waals surface area contributed by atoms with E-state index in [1.54, 1.807) is 0 Å². The average Bonchev–Trinajstić information content (AvgIpc) is 2.73. The van der Waals surface area contributed by atoms with E-state index in [1.165, 1.54) is 11.1 Å². The summed E-state index contributed by atoms with van der Waals surface area (Å²) in [6.07, 6.45) is 0. The number of hydrogen-bond donors (Lipinski definition) is 4. The van der Waals surface area contributed by atoms with Crippen LogP contribution in [0.4, 0.5) is 11.4 Å². The molecule has 0 saturated carbocycles. The fraction of sp³-hybridized carbons (Fsp3) is 0.455. The highest BCUT2D eigenvalue weighted by Crippen LogP contribution is 2.28. The highest BCUT2D eigenvalue weighted by molar-refractivity contribution is 5.51. The highest BCUT2D eigenvalue weighted by atomic mass is 16.3. The van der Waals surface area contributed by atoms with Crippen molar-refractivity contribution in [1.29, 1.82) is 0 Å². The fourth-order valence-corrected chi connectivity index (χ4v) is 3.36.